The summed E-state index contributed by atoms with van der Waals surface area (Å²) in [6.07, 6.45) is -0.288. The van der Waals surface area contributed by atoms with E-state index < -0.39 is 5.60 Å². The average Bonchev–Trinajstić information content (AvgIpc) is 2.37. The molecule has 1 saturated heterocycles. The Hall–Kier alpha value is -1.30. The largest absolute Gasteiger partial charge is 0.465 e. The topological polar surface area (TPSA) is 59.1 Å². The molecule has 22 heavy (non-hydrogen) atoms. The highest BCUT2D eigenvalue weighted by Crippen LogP contribution is 2.17. The minimum atomic E-state index is -0.486. The Labute approximate surface area is 133 Å². The normalized spacial score (nSPS) is 18.2. The number of hydrogen-bond acceptors (Lipinski definition) is 5. The van der Waals surface area contributed by atoms with E-state index in [1.54, 1.807) is 4.90 Å². The van der Waals surface area contributed by atoms with E-state index in [9.17, 15) is 9.59 Å². The first-order chi connectivity index (χ1) is 10.2. The summed E-state index contributed by atoms with van der Waals surface area (Å²) in [7, 11) is 0. The zero-order chi connectivity index (χ0) is 16.9. The van der Waals surface area contributed by atoms with Crippen molar-refractivity contribution < 1.29 is 19.1 Å². The molecule has 0 saturated carbocycles. The highest BCUT2D eigenvalue weighted by atomic mass is 16.6. The van der Waals surface area contributed by atoms with Gasteiger partial charge in [0.25, 0.3) is 0 Å². The molecule has 6 nitrogen and oxygen atoms in total. The quantitative estimate of drug-likeness (QED) is 0.744. The maximum Gasteiger partial charge on any atom is 0.410 e. The second-order valence-electron chi connectivity index (χ2n) is 6.94. The molecule has 1 heterocycles. The van der Waals surface area contributed by atoms with E-state index in [0.717, 1.165) is 0 Å². The van der Waals surface area contributed by atoms with Crippen molar-refractivity contribution in [2.45, 2.75) is 53.2 Å². The van der Waals surface area contributed by atoms with Crippen molar-refractivity contribution in [3.8, 4) is 0 Å². The maximum atomic E-state index is 12.1. The molecule has 0 radical (unpaired) electrons. The fraction of sp³-hybridized carbons (Fsp3) is 0.875. The van der Waals surface area contributed by atoms with E-state index in [1.165, 1.54) is 0 Å². The Morgan fingerprint density at radius 1 is 1.09 bits per heavy atom. The molecule has 128 valence electrons. The average molecular weight is 314 g/mol. The van der Waals surface area contributed by atoms with Gasteiger partial charge in [-0.3, -0.25) is 9.69 Å². The number of hydrogen-bond donors (Lipinski definition) is 0. The zero-order valence-electron chi connectivity index (χ0n) is 14.7. The van der Waals surface area contributed by atoms with Crippen LogP contribution in [-0.2, 0) is 14.3 Å². The van der Waals surface area contributed by atoms with Crippen molar-refractivity contribution >= 4 is 12.1 Å². The molecule has 0 spiro atoms. The Morgan fingerprint density at radius 2 is 1.64 bits per heavy atom. The van der Waals surface area contributed by atoms with Gasteiger partial charge in [0.05, 0.1) is 6.61 Å². The Kier molecular flexibility index (Phi) is 6.66. The number of ether oxygens (including phenoxy) is 2. The van der Waals surface area contributed by atoms with Crippen LogP contribution in [0.5, 0.6) is 0 Å². The van der Waals surface area contributed by atoms with Gasteiger partial charge in [-0.2, -0.15) is 0 Å². The summed E-state index contributed by atoms with van der Waals surface area (Å²) in [5.74, 6) is -0.00431. The summed E-state index contributed by atoms with van der Waals surface area (Å²) in [6.45, 7) is 14.3. The molecule has 1 unspecified atom stereocenters. The van der Waals surface area contributed by atoms with Crippen LogP contribution in [0.4, 0.5) is 4.79 Å². The lowest BCUT2D eigenvalue weighted by Crippen LogP contribution is -2.56. The van der Waals surface area contributed by atoms with Crippen molar-refractivity contribution in [3.05, 3.63) is 0 Å². The summed E-state index contributed by atoms with van der Waals surface area (Å²) < 4.78 is 10.6. The van der Waals surface area contributed by atoms with Crippen LogP contribution in [0.2, 0.25) is 0 Å². The fourth-order valence-electron chi connectivity index (χ4n) is 2.58. The smallest absolute Gasteiger partial charge is 0.410 e. The van der Waals surface area contributed by atoms with Crippen LogP contribution in [0, 0.1) is 5.92 Å². The van der Waals surface area contributed by atoms with Crippen LogP contribution in [0.3, 0.4) is 0 Å². The summed E-state index contributed by atoms with van der Waals surface area (Å²) in [6, 6.07) is -0.249. The molecule has 0 bridgehead atoms. The SMILES string of the molecule is CCOC(=O)C(C(C)C)N1CCN(C(=O)OC(C)(C)C)CC1. The van der Waals surface area contributed by atoms with E-state index in [4.69, 9.17) is 9.47 Å². The molecular weight excluding hydrogens is 284 g/mol. The third kappa shape index (κ3) is 5.48. The monoisotopic (exact) mass is 314 g/mol. The number of rotatable bonds is 4. The fourth-order valence-corrected chi connectivity index (χ4v) is 2.58. The van der Waals surface area contributed by atoms with Gasteiger partial charge < -0.3 is 14.4 Å². The Bertz CT molecular complexity index is 382. The van der Waals surface area contributed by atoms with Crippen LogP contribution < -0.4 is 0 Å². The van der Waals surface area contributed by atoms with Gasteiger partial charge in [0.1, 0.15) is 11.6 Å². The summed E-state index contributed by atoms with van der Waals surface area (Å²) in [4.78, 5) is 28.0. The van der Waals surface area contributed by atoms with Crippen LogP contribution in [0.15, 0.2) is 0 Å². The first-order valence-corrected chi connectivity index (χ1v) is 8.04. The molecule has 1 aliphatic heterocycles. The van der Waals surface area contributed by atoms with Crippen molar-refractivity contribution in [1.82, 2.24) is 9.80 Å². The first-order valence-electron chi connectivity index (χ1n) is 8.04. The number of nitrogens with zero attached hydrogens (tertiary/aromatic N) is 2. The highest BCUT2D eigenvalue weighted by molar-refractivity contribution is 5.76. The lowest BCUT2D eigenvalue weighted by atomic mass is 10.0. The van der Waals surface area contributed by atoms with Crippen molar-refractivity contribution in [2.75, 3.05) is 32.8 Å². The summed E-state index contributed by atoms with van der Waals surface area (Å²) >= 11 is 0. The number of piperazine rings is 1. The van der Waals surface area contributed by atoms with Gasteiger partial charge in [0.2, 0.25) is 0 Å². The maximum absolute atomic E-state index is 12.1. The van der Waals surface area contributed by atoms with E-state index in [0.29, 0.717) is 32.8 Å². The third-order valence-electron chi connectivity index (χ3n) is 3.52. The molecule has 6 heteroatoms. The lowest BCUT2D eigenvalue weighted by Gasteiger charge is -2.39. The van der Waals surface area contributed by atoms with E-state index in [-0.39, 0.29) is 24.0 Å². The molecular formula is C16H30N2O4. The molecule has 0 aromatic rings. The Morgan fingerprint density at radius 3 is 2.05 bits per heavy atom. The lowest BCUT2D eigenvalue weighted by molar-refractivity contribution is -0.152. The zero-order valence-corrected chi connectivity index (χ0v) is 14.7. The summed E-state index contributed by atoms with van der Waals surface area (Å²) in [5, 5.41) is 0. The van der Waals surface area contributed by atoms with Crippen LogP contribution >= 0.6 is 0 Å². The molecule has 0 aliphatic carbocycles. The predicted octanol–water partition coefficient (Wildman–Crippen LogP) is 2.13. The molecule has 0 N–H and O–H groups in total. The van der Waals surface area contributed by atoms with Gasteiger partial charge in [-0.15, -0.1) is 0 Å². The van der Waals surface area contributed by atoms with Gasteiger partial charge in [-0.25, -0.2) is 4.79 Å². The van der Waals surface area contributed by atoms with Gasteiger partial charge in [-0.05, 0) is 33.6 Å². The number of carbonyl (C=O) groups is 2. The molecule has 1 fully saturated rings. The van der Waals surface area contributed by atoms with E-state index in [1.807, 2.05) is 41.5 Å². The molecule has 1 atom stereocenters. The number of esters is 1. The summed E-state index contributed by atoms with van der Waals surface area (Å²) in [5.41, 5.74) is -0.486. The van der Waals surface area contributed by atoms with Crippen LogP contribution in [-0.4, -0.2) is 66.3 Å². The minimum absolute atomic E-state index is 0.173. The standard InChI is InChI=1S/C16H30N2O4/c1-7-21-14(19)13(12(2)3)17-8-10-18(11-9-17)15(20)22-16(4,5)6/h12-13H,7-11H2,1-6H3. The second-order valence-corrected chi connectivity index (χ2v) is 6.94. The Balaban J connectivity index is 2.59. The number of carbonyl (C=O) groups excluding carboxylic acids is 2. The van der Waals surface area contributed by atoms with Gasteiger partial charge >= 0.3 is 12.1 Å². The molecule has 1 amide bonds. The van der Waals surface area contributed by atoms with Gasteiger partial charge in [0, 0.05) is 26.2 Å². The number of amides is 1. The van der Waals surface area contributed by atoms with Gasteiger partial charge in [-0.1, -0.05) is 13.8 Å². The minimum Gasteiger partial charge on any atom is -0.465 e. The molecule has 0 aromatic carbocycles. The van der Waals surface area contributed by atoms with Crippen LogP contribution in [0.1, 0.15) is 41.5 Å². The van der Waals surface area contributed by atoms with Gasteiger partial charge in [0.15, 0.2) is 0 Å². The van der Waals surface area contributed by atoms with E-state index >= 15 is 0 Å². The molecule has 1 aliphatic rings. The third-order valence-corrected chi connectivity index (χ3v) is 3.52. The second kappa shape index (κ2) is 7.81. The predicted molar refractivity (Wildman–Crippen MR) is 84.6 cm³/mol. The molecule has 0 aromatic heterocycles. The van der Waals surface area contributed by atoms with Crippen molar-refractivity contribution in [3.63, 3.8) is 0 Å². The van der Waals surface area contributed by atoms with Crippen LogP contribution in [0.25, 0.3) is 0 Å². The first kappa shape index (κ1) is 18.7. The van der Waals surface area contributed by atoms with Crippen molar-refractivity contribution in [2.24, 2.45) is 5.92 Å². The molecule has 1 rings (SSSR count). The van der Waals surface area contributed by atoms with Crippen molar-refractivity contribution in [1.29, 1.82) is 0 Å². The van der Waals surface area contributed by atoms with E-state index in [2.05, 4.69) is 4.90 Å². The highest BCUT2D eigenvalue weighted by Gasteiger charge is 2.34.